The van der Waals surface area contributed by atoms with Crippen molar-refractivity contribution in [1.29, 1.82) is 0 Å². The van der Waals surface area contributed by atoms with Gasteiger partial charge in [0, 0.05) is 6.54 Å². The summed E-state index contributed by atoms with van der Waals surface area (Å²) in [6.45, 7) is 3.66. The predicted octanol–water partition coefficient (Wildman–Crippen LogP) is 1.50. The number of ether oxygens (including phenoxy) is 1. The Kier molecular flexibility index (Phi) is 2.96. The molecule has 1 saturated heterocycles. The third-order valence-corrected chi connectivity index (χ3v) is 3.23. The van der Waals surface area contributed by atoms with Crippen LogP contribution in [0.3, 0.4) is 0 Å². The van der Waals surface area contributed by atoms with Crippen LogP contribution in [0.2, 0.25) is 0 Å². The summed E-state index contributed by atoms with van der Waals surface area (Å²) >= 11 is 0. The lowest BCUT2D eigenvalue weighted by atomic mass is 10.1. The van der Waals surface area contributed by atoms with Gasteiger partial charge in [-0.25, -0.2) is 0 Å². The number of nitrogens with zero attached hydrogens (tertiary/aromatic N) is 1. The van der Waals surface area contributed by atoms with Gasteiger partial charge in [-0.2, -0.15) is 0 Å². The maximum atomic E-state index is 5.64. The molecule has 0 spiro atoms. The minimum Gasteiger partial charge on any atom is -0.484 e. The van der Waals surface area contributed by atoms with E-state index in [9.17, 15) is 0 Å². The summed E-state index contributed by atoms with van der Waals surface area (Å²) < 4.78 is 5.64. The van der Waals surface area contributed by atoms with Crippen molar-refractivity contribution in [2.24, 2.45) is 10.9 Å². The molecule has 3 rings (SSSR count). The van der Waals surface area contributed by atoms with Crippen LogP contribution < -0.4 is 15.4 Å². The second-order valence-electron chi connectivity index (χ2n) is 4.56. The third kappa shape index (κ3) is 2.42. The van der Waals surface area contributed by atoms with Crippen molar-refractivity contribution >= 4 is 11.5 Å². The van der Waals surface area contributed by atoms with Crippen molar-refractivity contribution in [3.63, 3.8) is 0 Å². The first kappa shape index (κ1) is 10.6. The van der Waals surface area contributed by atoms with E-state index < -0.39 is 0 Å². The van der Waals surface area contributed by atoms with Gasteiger partial charge >= 0.3 is 0 Å². The Labute approximate surface area is 101 Å². The Hall–Kier alpha value is -1.55. The van der Waals surface area contributed by atoms with Crippen molar-refractivity contribution in [3.8, 4) is 5.75 Å². The Morgan fingerprint density at radius 1 is 1.35 bits per heavy atom. The number of hydrogen-bond donors (Lipinski definition) is 2. The number of anilines is 1. The number of hydrogen-bond acceptors (Lipinski definition) is 3. The molecule has 2 N–H and O–H groups in total. The molecule has 0 saturated carbocycles. The van der Waals surface area contributed by atoms with Gasteiger partial charge in [0.15, 0.2) is 0 Å². The van der Waals surface area contributed by atoms with Crippen LogP contribution in [0, 0.1) is 5.92 Å². The standard InChI is InChI=1S/C13H17N3O/c1-2-4-12-11(3-1)16-13(9-17-12)15-8-10-5-6-14-7-10/h1-4,10,14H,5-9H2,(H,15,16). The highest BCUT2D eigenvalue weighted by Crippen LogP contribution is 2.26. The first-order valence-corrected chi connectivity index (χ1v) is 6.15. The van der Waals surface area contributed by atoms with Crippen LogP contribution in [0.1, 0.15) is 6.42 Å². The lowest BCUT2D eigenvalue weighted by Gasteiger charge is -2.20. The molecule has 2 heterocycles. The molecule has 90 valence electrons. The fourth-order valence-electron chi connectivity index (χ4n) is 2.23. The normalized spacial score (nSPS) is 25.2. The van der Waals surface area contributed by atoms with Crippen molar-refractivity contribution in [1.82, 2.24) is 5.32 Å². The lowest BCUT2D eigenvalue weighted by molar-refractivity contribution is 0.371. The van der Waals surface area contributed by atoms with Crippen LogP contribution in [0.25, 0.3) is 0 Å². The zero-order chi connectivity index (χ0) is 11.5. The Morgan fingerprint density at radius 2 is 2.29 bits per heavy atom. The SMILES string of the molecule is c1ccc2c(c1)NC(=NCC1CCNC1)CO2. The summed E-state index contributed by atoms with van der Waals surface area (Å²) in [7, 11) is 0. The topological polar surface area (TPSA) is 45.7 Å². The van der Waals surface area contributed by atoms with Gasteiger partial charge < -0.3 is 15.4 Å². The summed E-state index contributed by atoms with van der Waals surface area (Å²) in [6.07, 6.45) is 1.23. The van der Waals surface area contributed by atoms with E-state index in [1.54, 1.807) is 0 Å². The third-order valence-electron chi connectivity index (χ3n) is 3.23. The Balaban J connectivity index is 1.64. The van der Waals surface area contributed by atoms with Gasteiger partial charge in [-0.1, -0.05) is 12.1 Å². The van der Waals surface area contributed by atoms with E-state index in [0.29, 0.717) is 12.5 Å². The van der Waals surface area contributed by atoms with E-state index in [-0.39, 0.29) is 0 Å². The first-order valence-electron chi connectivity index (χ1n) is 6.15. The van der Waals surface area contributed by atoms with Crippen LogP contribution in [0.4, 0.5) is 5.69 Å². The number of para-hydroxylation sites is 2. The molecule has 1 fully saturated rings. The lowest BCUT2D eigenvalue weighted by Crippen LogP contribution is -2.27. The quantitative estimate of drug-likeness (QED) is 0.810. The Bertz CT molecular complexity index is 424. The smallest absolute Gasteiger partial charge is 0.145 e. The molecule has 0 aromatic heterocycles. The molecule has 1 aromatic carbocycles. The molecule has 0 bridgehead atoms. The highest BCUT2D eigenvalue weighted by Gasteiger charge is 2.16. The second kappa shape index (κ2) is 4.75. The van der Waals surface area contributed by atoms with Crippen LogP contribution in [-0.2, 0) is 0 Å². The van der Waals surface area contributed by atoms with Crippen LogP contribution in [0.5, 0.6) is 5.75 Å². The number of nitrogens with one attached hydrogen (secondary N) is 2. The largest absolute Gasteiger partial charge is 0.484 e. The minimum atomic E-state index is 0.553. The van der Waals surface area contributed by atoms with Crippen LogP contribution in [-0.4, -0.2) is 32.1 Å². The van der Waals surface area contributed by atoms with E-state index in [2.05, 4.69) is 15.6 Å². The number of fused-ring (bicyclic) bond motifs is 1. The average molecular weight is 231 g/mol. The molecule has 1 aromatic rings. The van der Waals surface area contributed by atoms with Gasteiger partial charge in [-0.3, -0.25) is 4.99 Å². The summed E-state index contributed by atoms with van der Waals surface area (Å²) in [5.74, 6) is 2.53. The molecule has 0 radical (unpaired) electrons. The van der Waals surface area contributed by atoms with Gasteiger partial charge in [0.25, 0.3) is 0 Å². The Morgan fingerprint density at radius 3 is 3.18 bits per heavy atom. The summed E-state index contributed by atoms with van der Waals surface area (Å²) in [5, 5.41) is 6.68. The summed E-state index contributed by atoms with van der Waals surface area (Å²) in [6, 6.07) is 7.97. The van der Waals surface area contributed by atoms with Gasteiger partial charge in [-0.05, 0) is 37.6 Å². The van der Waals surface area contributed by atoms with Crippen molar-refractivity contribution in [2.45, 2.75) is 6.42 Å². The maximum Gasteiger partial charge on any atom is 0.145 e. The number of benzene rings is 1. The van der Waals surface area contributed by atoms with Crippen molar-refractivity contribution in [2.75, 3.05) is 31.6 Å². The summed E-state index contributed by atoms with van der Waals surface area (Å²) in [5.41, 5.74) is 1.02. The predicted molar refractivity (Wildman–Crippen MR) is 68.8 cm³/mol. The van der Waals surface area contributed by atoms with Crippen molar-refractivity contribution in [3.05, 3.63) is 24.3 Å². The molecule has 0 amide bonds. The fraction of sp³-hybridized carbons (Fsp3) is 0.462. The highest BCUT2D eigenvalue weighted by molar-refractivity contribution is 5.99. The molecule has 4 heteroatoms. The number of amidine groups is 1. The monoisotopic (exact) mass is 231 g/mol. The number of aliphatic imine (C=N–C) groups is 1. The highest BCUT2D eigenvalue weighted by atomic mass is 16.5. The zero-order valence-corrected chi connectivity index (χ0v) is 9.78. The van der Waals surface area contributed by atoms with Gasteiger partial charge in [0.2, 0.25) is 0 Å². The van der Waals surface area contributed by atoms with E-state index in [0.717, 1.165) is 36.9 Å². The van der Waals surface area contributed by atoms with Gasteiger partial charge in [0.1, 0.15) is 18.2 Å². The first-order chi connectivity index (χ1) is 8.42. The fourth-order valence-corrected chi connectivity index (χ4v) is 2.23. The van der Waals surface area contributed by atoms with Crippen LogP contribution >= 0.6 is 0 Å². The zero-order valence-electron chi connectivity index (χ0n) is 9.78. The average Bonchev–Trinajstić information content (AvgIpc) is 2.89. The maximum absolute atomic E-state index is 5.64. The second-order valence-corrected chi connectivity index (χ2v) is 4.56. The minimum absolute atomic E-state index is 0.553. The molecule has 2 aliphatic heterocycles. The van der Waals surface area contributed by atoms with Gasteiger partial charge in [0.05, 0.1) is 5.69 Å². The van der Waals surface area contributed by atoms with E-state index in [1.165, 1.54) is 6.42 Å². The van der Waals surface area contributed by atoms with E-state index in [1.807, 2.05) is 24.3 Å². The number of rotatable bonds is 2. The molecule has 4 nitrogen and oxygen atoms in total. The van der Waals surface area contributed by atoms with E-state index >= 15 is 0 Å². The van der Waals surface area contributed by atoms with Crippen LogP contribution in [0.15, 0.2) is 29.3 Å². The van der Waals surface area contributed by atoms with Crippen molar-refractivity contribution < 1.29 is 4.74 Å². The molecule has 1 atom stereocenters. The molecule has 0 aliphatic carbocycles. The summed E-state index contributed by atoms with van der Waals surface area (Å²) in [4.78, 5) is 4.60. The molecular formula is C13H17N3O. The van der Waals surface area contributed by atoms with E-state index in [4.69, 9.17) is 4.74 Å². The van der Waals surface area contributed by atoms with Gasteiger partial charge in [-0.15, -0.1) is 0 Å². The molecular weight excluding hydrogens is 214 g/mol. The molecule has 2 aliphatic rings. The molecule has 1 unspecified atom stereocenters. The molecule has 17 heavy (non-hydrogen) atoms.